The maximum Gasteiger partial charge on any atom is 0.573 e. The number of piperidine rings is 1. The molecule has 3 rings (SSSR count). The van der Waals surface area contributed by atoms with Gasteiger partial charge in [0.1, 0.15) is 10.6 Å². The van der Waals surface area contributed by atoms with Crippen LogP contribution in [0.3, 0.4) is 0 Å². The summed E-state index contributed by atoms with van der Waals surface area (Å²) in [4.78, 5) is 13.8. The molecule has 2 heterocycles. The van der Waals surface area contributed by atoms with Crippen molar-refractivity contribution in [2.45, 2.75) is 37.1 Å². The first-order valence-electron chi connectivity index (χ1n) is 9.06. The second-order valence-corrected chi connectivity index (χ2v) is 8.14. The van der Waals surface area contributed by atoms with E-state index in [9.17, 15) is 21.6 Å². The Morgan fingerprint density at radius 3 is 2.47 bits per heavy atom. The van der Waals surface area contributed by atoms with Crippen molar-refractivity contribution in [1.82, 2.24) is 19.7 Å². The zero-order valence-electron chi connectivity index (χ0n) is 16.0. The summed E-state index contributed by atoms with van der Waals surface area (Å²) in [6.45, 7) is 1.13. The first kappa shape index (κ1) is 22.0. The topological polar surface area (TPSA) is 107 Å². The van der Waals surface area contributed by atoms with Gasteiger partial charge in [-0.05, 0) is 31.4 Å². The minimum Gasteiger partial charge on any atom is -0.467 e. The van der Waals surface area contributed by atoms with Gasteiger partial charge in [0.25, 0.3) is 0 Å². The first-order chi connectivity index (χ1) is 14.2. The number of aromatic nitrogens is 3. The summed E-state index contributed by atoms with van der Waals surface area (Å²) in [6, 6.07) is 4.47. The van der Waals surface area contributed by atoms with Crippen molar-refractivity contribution in [3.8, 4) is 11.8 Å². The summed E-state index contributed by atoms with van der Waals surface area (Å²) >= 11 is 0. The summed E-state index contributed by atoms with van der Waals surface area (Å²) in [7, 11) is -2.98. The molecule has 2 aromatic rings. The molecule has 0 aliphatic carbocycles. The quantitative estimate of drug-likeness (QED) is 0.689. The van der Waals surface area contributed by atoms with Gasteiger partial charge in [-0.3, -0.25) is 0 Å². The van der Waals surface area contributed by atoms with Crippen molar-refractivity contribution in [2.75, 3.05) is 25.1 Å². The van der Waals surface area contributed by atoms with Crippen LogP contribution in [-0.2, 0) is 16.6 Å². The predicted molar refractivity (Wildman–Crippen MR) is 99.6 cm³/mol. The third-order valence-corrected chi connectivity index (χ3v) is 5.70. The van der Waals surface area contributed by atoms with Gasteiger partial charge in [0.2, 0.25) is 16.0 Å². The Hall–Kier alpha value is -2.67. The molecule has 1 aliphatic rings. The number of hydrogen-bond donors (Lipinski definition) is 1. The van der Waals surface area contributed by atoms with Crippen molar-refractivity contribution in [3.05, 3.63) is 30.1 Å². The van der Waals surface area contributed by atoms with Crippen molar-refractivity contribution >= 4 is 16.0 Å². The number of rotatable bonds is 7. The Morgan fingerprint density at radius 2 is 1.80 bits per heavy atom. The fraction of sp³-hybridized carbons (Fsp3) is 0.471. The molecule has 0 bridgehead atoms. The highest BCUT2D eigenvalue weighted by Gasteiger charge is 2.34. The molecule has 13 heteroatoms. The van der Waals surface area contributed by atoms with Gasteiger partial charge in [-0.1, -0.05) is 12.1 Å². The Kier molecular flexibility index (Phi) is 6.61. The molecule has 1 N–H and O–H groups in total. The number of para-hydroxylation sites is 1. The molecule has 1 saturated heterocycles. The van der Waals surface area contributed by atoms with Crippen LogP contribution < -0.4 is 19.1 Å². The summed E-state index contributed by atoms with van der Waals surface area (Å²) in [5.41, 5.74) is 0. The van der Waals surface area contributed by atoms with Crippen LogP contribution in [0.2, 0.25) is 0 Å². The fourth-order valence-electron chi connectivity index (χ4n) is 2.91. The van der Waals surface area contributed by atoms with Gasteiger partial charge >= 0.3 is 12.4 Å². The molecule has 0 saturated carbocycles. The maximum absolute atomic E-state index is 12.6. The number of alkyl halides is 3. The van der Waals surface area contributed by atoms with E-state index in [1.807, 2.05) is 4.90 Å². The smallest absolute Gasteiger partial charge is 0.467 e. The monoisotopic (exact) mass is 447 g/mol. The molecular weight excluding hydrogens is 427 g/mol. The van der Waals surface area contributed by atoms with E-state index >= 15 is 0 Å². The van der Waals surface area contributed by atoms with E-state index in [1.165, 1.54) is 19.2 Å². The number of ether oxygens (including phenoxy) is 2. The zero-order chi connectivity index (χ0) is 21.8. The summed E-state index contributed by atoms with van der Waals surface area (Å²) in [5, 5.41) is 0. The van der Waals surface area contributed by atoms with Gasteiger partial charge < -0.3 is 14.4 Å². The van der Waals surface area contributed by atoms with E-state index in [0.717, 1.165) is 44.5 Å². The van der Waals surface area contributed by atoms with Gasteiger partial charge in [-0.2, -0.15) is 15.0 Å². The van der Waals surface area contributed by atoms with Gasteiger partial charge in [0, 0.05) is 13.1 Å². The molecule has 30 heavy (non-hydrogen) atoms. The van der Waals surface area contributed by atoms with E-state index in [4.69, 9.17) is 4.74 Å². The predicted octanol–water partition coefficient (Wildman–Crippen LogP) is 2.25. The molecule has 1 aromatic carbocycles. The number of sulfonamides is 1. The number of benzene rings is 1. The SMILES string of the molecule is COc1nc(CNS(=O)(=O)c2ccccc2OC(F)(F)F)nc(N2CCCCC2)n1. The molecule has 1 aromatic heterocycles. The largest absolute Gasteiger partial charge is 0.573 e. The van der Waals surface area contributed by atoms with Crippen LogP contribution in [0.15, 0.2) is 29.2 Å². The summed E-state index contributed by atoms with van der Waals surface area (Å²) in [6.07, 6.45) is -1.97. The first-order valence-corrected chi connectivity index (χ1v) is 10.5. The normalized spacial score (nSPS) is 15.1. The fourth-order valence-corrected chi connectivity index (χ4v) is 4.02. The Bertz CT molecular complexity index is 982. The molecule has 1 fully saturated rings. The third-order valence-electron chi connectivity index (χ3n) is 4.26. The van der Waals surface area contributed by atoms with Gasteiger partial charge in [0.05, 0.1) is 13.7 Å². The van der Waals surface area contributed by atoms with Crippen LogP contribution in [0.5, 0.6) is 11.8 Å². The van der Waals surface area contributed by atoms with Crippen molar-refractivity contribution in [2.24, 2.45) is 0 Å². The molecule has 0 radical (unpaired) electrons. The molecule has 0 atom stereocenters. The second-order valence-electron chi connectivity index (χ2n) is 6.41. The number of hydrogen-bond acceptors (Lipinski definition) is 8. The zero-order valence-corrected chi connectivity index (χ0v) is 16.8. The molecule has 1 aliphatic heterocycles. The number of nitrogens with one attached hydrogen (secondary N) is 1. The van der Waals surface area contributed by atoms with Crippen LogP contribution in [0, 0.1) is 0 Å². The minimum absolute atomic E-state index is 0.0144. The van der Waals surface area contributed by atoms with Crippen LogP contribution in [0.1, 0.15) is 25.1 Å². The van der Waals surface area contributed by atoms with E-state index in [2.05, 4.69) is 24.4 Å². The van der Waals surface area contributed by atoms with E-state index in [1.54, 1.807) is 0 Å². The lowest BCUT2D eigenvalue weighted by molar-refractivity contribution is -0.275. The van der Waals surface area contributed by atoms with Crippen LogP contribution in [0.25, 0.3) is 0 Å². The van der Waals surface area contributed by atoms with Crippen molar-refractivity contribution in [3.63, 3.8) is 0 Å². The van der Waals surface area contributed by atoms with Crippen LogP contribution in [-0.4, -0.2) is 49.9 Å². The highest BCUT2D eigenvalue weighted by molar-refractivity contribution is 7.89. The number of halogens is 3. The lowest BCUT2D eigenvalue weighted by Gasteiger charge is -2.26. The van der Waals surface area contributed by atoms with E-state index in [-0.39, 0.29) is 18.4 Å². The molecule has 0 unspecified atom stereocenters. The highest BCUT2D eigenvalue weighted by Crippen LogP contribution is 2.29. The lowest BCUT2D eigenvalue weighted by atomic mass is 10.1. The van der Waals surface area contributed by atoms with Crippen molar-refractivity contribution < 1.29 is 31.1 Å². The standard InChI is InChI=1S/C17H20F3N5O4S/c1-28-16-23-14(22-15(24-16)25-9-5-2-6-10-25)11-21-30(26,27)13-8-4-3-7-12(13)29-17(18,19)20/h3-4,7-8,21H,2,5-6,9-11H2,1H3. The minimum atomic E-state index is -5.03. The molecule has 9 nitrogen and oxygen atoms in total. The van der Waals surface area contributed by atoms with Gasteiger partial charge in [0.15, 0.2) is 5.82 Å². The second kappa shape index (κ2) is 9.00. The number of methoxy groups -OCH3 is 1. The summed E-state index contributed by atoms with van der Waals surface area (Å²) in [5.74, 6) is -0.406. The Balaban J connectivity index is 1.81. The highest BCUT2D eigenvalue weighted by atomic mass is 32.2. The number of nitrogens with zero attached hydrogens (tertiary/aromatic N) is 4. The lowest BCUT2D eigenvalue weighted by Crippen LogP contribution is -2.32. The summed E-state index contributed by atoms with van der Waals surface area (Å²) < 4.78 is 74.0. The van der Waals surface area contributed by atoms with E-state index < -0.39 is 27.0 Å². The average Bonchev–Trinajstić information content (AvgIpc) is 2.72. The maximum atomic E-state index is 12.6. The molecule has 0 spiro atoms. The van der Waals surface area contributed by atoms with Crippen LogP contribution >= 0.6 is 0 Å². The Labute approximate surface area is 171 Å². The Morgan fingerprint density at radius 1 is 1.10 bits per heavy atom. The average molecular weight is 447 g/mol. The van der Waals surface area contributed by atoms with Crippen molar-refractivity contribution in [1.29, 1.82) is 0 Å². The molecule has 164 valence electrons. The van der Waals surface area contributed by atoms with Gasteiger partial charge in [-0.15, -0.1) is 13.2 Å². The third kappa shape index (κ3) is 5.69. The van der Waals surface area contributed by atoms with Crippen LogP contribution in [0.4, 0.5) is 19.1 Å². The molecule has 0 amide bonds. The van der Waals surface area contributed by atoms with Gasteiger partial charge in [-0.25, -0.2) is 13.1 Å². The van der Waals surface area contributed by atoms with E-state index in [0.29, 0.717) is 5.95 Å². The number of anilines is 1. The molecular formula is C17H20F3N5O4S.